The molecule has 3 N–H and O–H groups in total. The zero-order valence-electron chi connectivity index (χ0n) is 20.0. The predicted octanol–water partition coefficient (Wildman–Crippen LogP) is 2.25. The number of nitrogens with one attached hydrogen (secondary N) is 3. The Labute approximate surface area is 205 Å². The fourth-order valence-corrected chi connectivity index (χ4v) is 4.16. The molecular formula is C23H25FN10O2. The van der Waals surface area contributed by atoms with Crippen LogP contribution in [0.1, 0.15) is 41.5 Å². The molecule has 1 aliphatic rings. The third-order valence-corrected chi connectivity index (χ3v) is 6.10. The van der Waals surface area contributed by atoms with Crippen molar-refractivity contribution < 1.29 is 13.9 Å². The van der Waals surface area contributed by atoms with Crippen molar-refractivity contribution in [2.75, 3.05) is 12.4 Å². The van der Waals surface area contributed by atoms with E-state index in [1.807, 2.05) is 26.0 Å². The van der Waals surface area contributed by atoms with Gasteiger partial charge in [-0.1, -0.05) is 0 Å². The van der Waals surface area contributed by atoms with Gasteiger partial charge < -0.3 is 15.4 Å². The number of hydrogen-bond donors (Lipinski definition) is 3. The maximum absolute atomic E-state index is 13.1. The summed E-state index contributed by atoms with van der Waals surface area (Å²) in [5, 5.41) is 16.9. The number of aromatic nitrogens is 8. The highest BCUT2D eigenvalue weighted by Gasteiger charge is 2.51. The summed E-state index contributed by atoms with van der Waals surface area (Å²) in [5.74, 6) is 0.825. The summed E-state index contributed by atoms with van der Waals surface area (Å²) in [6.07, 6.45) is 6.25. The maximum Gasteiger partial charge on any atom is 0.252 e. The van der Waals surface area contributed by atoms with Crippen LogP contribution < -0.4 is 10.6 Å². The van der Waals surface area contributed by atoms with E-state index < -0.39 is 11.4 Å². The molecule has 1 saturated carbocycles. The molecule has 36 heavy (non-hydrogen) atoms. The summed E-state index contributed by atoms with van der Waals surface area (Å²) in [6.45, 7) is 3.99. The van der Waals surface area contributed by atoms with Crippen LogP contribution in [-0.2, 0) is 16.1 Å². The number of methoxy groups -OCH3 is 1. The first kappa shape index (κ1) is 23.5. The highest BCUT2D eigenvalue weighted by atomic mass is 19.1. The van der Waals surface area contributed by atoms with Gasteiger partial charge in [0.2, 0.25) is 5.95 Å². The number of rotatable bonds is 8. The van der Waals surface area contributed by atoms with E-state index in [9.17, 15) is 9.18 Å². The van der Waals surface area contributed by atoms with Crippen molar-refractivity contribution in [2.24, 2.45) is 0 Å². The first-order chi connectivity index (χ1) is 17.3. The smallest absolute Gasteiger partial charge is 0.252 e. The van der Waals surface area contributed by atoms with Gasteiger partial charge in [-0.3, -0.25) is 14.9 Å². The number of hydrogen-bond acceptors (Lipinski definition) is 9. The Kier molecular flexibility index (Phi) is 6.14. The maximum atomic E-state index is 13.1. The summed E-state index contributed by atoms with van der Waals surface area (Å²) in [7, 11) is 1.53. The number of aromatic amines is 1. The van der Waals surface area contributed by atoms with E-state index in [1.165, 1.54) is 30.4 Å². The minimum Gasteiger partial charge on any atom is -0.368 e. The van der Waals surface area contributed by atoms with Gasteiger partial charge in [0.25, 0.3) is 5.91 Å². The lowest BCUT2D eigenvalue weighted by Gasteiger charge is -2.44. The Bertz CT molecular complexity index is 1380. The van der Waals surface area contributed by atoms with Gasteiger partial charge in [-0.15, -0.1) is 0 Å². The molecule has 1 aliphatic carbocycles. The van der Waals surface area contributed by atoms with E-state index >= 15 is 0 Å². The van der Waals surface area contributed by atoms with Gasteiger partial charge in [0, 0.05) is 36.2 Å². The van der Waals surface area contributed by atoms with Crippen molar-refractivity contribution in [1.82, 2.24) is 45.2 Å². The third kappa shape index (κ3) is 4.77. The first-order valence-corrected chi connectivity index (χ1v) is 11.3. The Balaban J connectivity index is 1.20. The predicted molar refractivity (Wildman–Crippen MR) is 126 cm³/mol. The van der Waals surface area contributed by atoms with E-state index in [-0.39, 0.29) is 18.4 Å². The zero-order chi connectivity index (χ0) is 25.3. The lowest BCUT2D eigenvalue weighted by molar-refractivity contribution is -0.157. The second-order valence-electron chi connectivity index (χ2n) is 8.77. The van der Waals surface area contributed by atoms with Crippen LogP contribution in [0.5, 0.6) is 0 Å². The summed E-state index contributed by atoms with van der Waals surface area (Å²) < 4.78 is 20.1. The Morgan fingerprint density at radius 3 is 2.69 bits per heavy atom. The SMILES string of the molecule is CO[C@]1(C(=O)NCc2cnc(-n3cc(F)cn3)cn2)C[C@H](c2cc(C)nc(Nc3cc(C)[nH]n3)n2)C1. The second-order valence-corrected chi connectivity index (χ2v) is 8.77. The number of H-pyrrole nitrogens is 1. The van der Waals surface area contributed by atoms with Gasteiger partial charge >= 0.3 is 0 Å². The lowest BCUT2D eigenvalue weighted by Crippen LogP contribution is -2.56. The van der Waals surface area contributed by atoms with Crippen molar-refractivity contribution in [2.45, 2.75) is 44.8 Å². The second kappa shape index (κ2) is 9.41. The van der Waals surface area contributed by atoms with Crippen LogP contribution in [0.4, 0.5) is 16.2 Å². The van der Waals surface area contributed by atoms with Gasteiger partial charge in [-0.25, -0.2) is 24.0 Å². The van der Waals surface area contributed by atoms with Crippen molar-refractivity contribution in [1.29, 1.82) is 0 Å². The fraction of sp³-hybridized carbons (Fsp3) is 0.348. The van der Waals surface area contributed by atoms with Crippen LogP contribution in [0.2, 0.25) is 0 Å². The molecule has 4 heterocycles. The van der Waals surface area contributed by atoms with Crippen molar-refractivity contribution in [3.63, 3.8) is 0 Å². The summed E-state index contributed by atoms with van der Waals surface area (Å²) >= 11 is 0. The summed E-state index contributed by atoms with van der Waals surface area (Å²) in [5.41, 5.74) is 2.19. The third-order valence-electron chi connectivity index (χ3n) is 6.10. The van der Waals surface area contributed by atoms with Gasteiger partial charge in [0.05, 0.1) is 37.0 Å². The van der Waals surface area contributed by atoms with Crippen LogP contribution >= 0.6 is 0 Å². The molecule has 12 nitrogen and oxygen atoms in total. The normalized spacial score (nSPS) is 19.1. The van der Waals surface area contributed by atoms with E-state index in [0.29, 0.717) is 36.1 Å². The molecule has 1 amide bonds. The molecule has 0 spiro atoms. The number of nitrogens with zero attached hydrogens (tertiary/aromatic N) is 7. The average molecular weight is 493 g/mol. The number of halogens is 1. The van der Waals surface area contributed by atoms with Gasteiger partial charge in [-0.05, 0) is 32.8 Å². The molecular weight excluding hydrogens is 467 g/mol. The number of carbonyl (C=O) groups is 1. The number of amides is 1. The number of anilines is 2. The monoisotopic (exact) mass is 492 g/mol. The lowest BCUT2D eigenvalue weighted by atomic mass is 9.68. The summed E-state index contributed by atoms with van der Waals surface area (Å²) in [4.78, 5) is 30.6. The van der Waals surface area contributed by atoms with Gasteiger partial charge in [-0.2, -0.15) is 10.2 Å². The molecule has 0 unspecified atom stereocenters. The van der Waals surface area contributed by atoms with Crippen LogP contribution in [0.15, 0.2) is 36.9 Å². The van der Waals surface area contributed by atoms with Crippen LogP contribution in [0.25, 0.3) is 5.82 Å². The van der Waals surface area contributed by atoms with Crippen molar-refractivity contribution in [3.05, 3.63) is 65.5 Å². The van der Waals surface area contributed by atoms with E-state index in [1.54, 1.807) is 0 Å². The zero-order valence-corrected chi connectivity index (χ0v) is 20.0. The topological polar surface area (TPSA) is 148 Å². The van der Waals surface area contributed by atoms with Gasteiger partial charge in [0.15, 0.2) is 17.5 Å². The average Bonchev–Trinajstić information content (AvgIpc) is 3.45. The molecule has 0 aromatic carbocycles. The van der Waals surface area contributed by atoms with E-state index in [0.717, 1.165) is 23.3 Å². The van der Waals surface area contributed by atoms with Crippen molar-refractivity contribution >= 4 is 17.7 Å². The molecule has 0 radical (unpaired) electrons. The molecule has 1 fully saturated rings. The van der Waals surface area contributed by atoms with Crippen LogP contribution in [0.3, 0.4) is 0 Å². The highest BCUT2D eigenvalue weighted by molar-refractivity contribution is 5.86. The number of carbonyl (C=O) groups excluding carboxylic acids is 1. The molecule has 4 aromatic rings. The number of ether oxygens (including phenoxy) is 1. The minimum absolute atomic E-state index is 0.0485. The van der Waals surface area contributed by atoms with Crippen LogP contribution in [-0.4, -0.2) is 58.5 Å². The van der Waals surface area contributed by atoms with E-state index in [2.05, 4.69) is 45.9 Å². The minimum atomic E-state index is -0.948. The Morgan fingerprint density at radius 2 is 2.06 bits per heavy atom. The standard InChI is InChI=1S/C23H25FN10O2/c1-13-4-18(30-22(29-13)31-19-5-14(2)32-33-19)15-6-23(7-15,36-3)21(35)27-10-17-9-26-20(11-25-17)34-12-16(24)8-28-34/h4-5,8-9,11-12,15H,6-7,10H2,1-3H3,(H,27,35)(H2,29,30,31,32,33)/t15-,23+. The molecule has 13 heteroatoms. The quantitative estimate of drug-likeness (QED) is 0.337. The molecule has 5 rings (SSSR count). The first-order valence-electron chi connectivity index (χ1n) is 11.3. The molecule has 0 atom stereocenters. The number of aryl methyl sites for hydroxylation is 2. The van der Waals surface area contributed by atoms with Gasteiger partial charge in [0.1, 0.15) is 5.60 Å². The molecule has 4 aromatic heterocycles. The molecule has 0 bridgehead atoms. The Hall–Kier alpha value is -4.26. The van der Waals surface area contributed by atoms with Crippen LogP contribution in [0, 0.1) is 19.7 Å². The summed E-state index contributed by atoms with van der Waals surface area (Å²) in [6, 6.07) is 3.79. The Morgan fingerprint density at radius 1 is 1.22 bits per heavy atom. The fourth-order valence-electron chi connectivity index (χ4n) is 4.16. The van der Waals surface area contributed by atoms with Crippen molar-refractivity contribution in [3.8, 4) is 5.82 Å². The molecule has 0 aliphatic heterocycles. The largest absolute Gasteiger partial charge is 0.368 e. The molecule has 186 valence electrons. The highest BCUT2D eigenvalue weighted by Crippen LogP contribution is 2.46. The van der Waals surface area contributed by atoms with E-state index in [4.69, 9.17) is 4.74 Å². The molecule has 0 saturated heterocycles.